The summed E-state index contributed by atoms with van der Waals surface area (Å²) in [6.07, 6.45) is 4.04. The molecule has 2 rings (SSSR count). The number of hydrogen-bond acceptors (Lipinski definition) is 2. The first-order chi connectivity index (χ1) is 8.84. The summed E-state index contributed by atoms with van der Waals surface area (Å²) >= 11 is 0. The van der Waals surface area contributed by atoms with E-state index < -0.39 is 0 Å². The van der Waals surface area contributed by atoms with Gasteiger partial charge < -0.3 is 0 Å². The lowest BCUT2D eigenvalue weighted by Gasteiger charge is -1.99. The Kier molecular flexibility index (Phi) is 4.31. The Labute approximate surface area is 108 Å². The molecule has 1 N–H and O–H groups in total. The van der Waals surface area contributed by atoms with Crippen LogP contribution in [0.4, 0.5) is 5.69 Å². The number of anilines is 1. The Bertz CT molecular complexity index is 528. The van der Waals surface area contributed by atoms with Gasteiger partial charge in [-0.3, -0.25) is 5.43 Å². The molecule has 0 saturated heterocycles. The zero-order valence-electron chi connectivity index (χ0n) is 10.4. The number of allylic oxidation sites excluding steroid dienone is 1. The number of rotatable bonds is 4. The maximum atomic E-state index is 4.29. The van der Waals surface area contributed by atoms with Gasteiger partial charge in [0.1, 0.15) is 0 Å². The van der Waals surface area contributed by atoms with E-state index in [-0.39, 0.29) is 0 Å². The van der Waals surface area contributed by atoms with Crippen LogP contribution in [0, 0.1) is 0 Å². The average Bonchev–Trinajstić information content (AvgIpc) is 2.45. The minimum Gasteiger partial charge on any atom is -0.278 e. The third-order valence-corrected chi connectivity index (χ3v) is 2.45. The van der Waals surface area contributed by atoms with Gasteiger partial charge in [-0.15, -0.1) is 0 Å². The third-order valence-electron chi connectivity index (χ3n) is 2.45. The molecule has 0 saturated carbocycles. The Morgan fingerprint density at radius 1 is 0.944 bits per heavy atom. The molecule has 0 spiro atoms. The van der Waals surface area contributed by atoms with Crippen molar-refractivity contribution in [2.24, 2.45) is 5.10 Å². The van der Waals surface area contributed by atoms with Crippen molar-refractivity contribution in [3.8, 4) is 0 Å². The normalized spacial score (nSPS) is 11.7. The van der Waals surface area contributed by atoms with Crippen LogP contribution in [0.5, 0.6) is 0 Å². The van der Waals surface area contributed by atoms with Gasteiger partial charge in [-0.05, 0) is 30.7 Å². The standard InChI is InChI=1S/C16H16N2/c1-14(12-13-15-8-4-2-5-9-15)17-18-16-10-6-3-7-11-16/h2-13,18H,1H3/b13-12-,17-14+. The molecule has 0 fully saturated rings. The van der Waals surface area contributed by atoms with E-state index in [1.54, 1.807) is 0 Å². The van der Waals surface area contributed by atoms with E-state index in [9.17, 15) is 0 Å². The van der Waals surface area contributed by atoms with Crippen LogP contribution in [0.3, 0.4) is 0 Å². The van der Waals surface area contributed by atoms with Gasteiger partial charge in [0, 0.05) is 0 Å². The summed E-state index contributed by atoms with van der Waals surface area (Å²) in [5.74, 6) is 0. The molecular weight excluding hydrogens is 220 g/mol. The summed E-state index contributed by atoms with van der Waals surface area (Å²) in [6.45, 7) is 1.97. The fourth-order valence-electron chi connectivity index (χ4n) is 1.48. The summed E-state index contributed by atoms with van der Waals surface area (Å²) in [6, 6.07) is 20.1. The van der Waals surface area contributed by atoms with E-state index in [4.69, 9.17) is 0 Å². The van der Waals surface area contributed by atoms with Crippen molar-refractivity contribution in [2.45, 2.75) is 6.92 Å². The Morgan fingerprint density at radius 2 is 1.56 bits per heavy atom. The maximum Gasteiger partial charge on any atom is 0.0576 e. The second kappa shape index (κ2) is 6.40. The molecule has 0 aliphatic carbocycles. The van der Waals surface area contributed by atoms with Crippen LogP contribution in [0.25, 0.3) is 6.08 Å². The number of hydrogen-bond donors (Lipinski definition) is 1. The molecule has 0 aliphatic rings. The SMILES string of the molecule is CC(/C=C\c1ccccc1)=N\Nc1ccccc1. The van der Waals surface area contributed by atoms with Gasteiger partial charge in [0.15, 0.2) is 0 Å². The molecule has 2 aromatic rings. The Morgan fingerprint density at radius 3 is 2.22 bits per heavy atom. The molecule has 2 aromatic carbocycles. The summed E-state index contributed by atoms with van der Waals surface area (Å²) in [5, 5.41) is 4.29. The molecule has 2 nitrogen and oxygen atoms in total. The molecule has 0 heterocycles. The van der Waals surface area contributed by atoms with Gasteiger partial charge in [0.2, 0.25) is 0 Å². The molecule has 2 heteroatoms. The van der Waals surface area contributed by atoms with E-state index in [1.165, 1.54) is 5.56 Å². The van der Waals surface area contributed by atoms with Crippen LogP contribution in [-0.4, -0.2) is 5.71 Å². The molecule has 18 heavy (non-hydrogen) atoms. The number of nitrogens with one attached hydrogen (secondary N) is 1. The molecular formula is C16H16N2. The maximum absolute atomic E-state index is 4.29. The lowest BCUT2D eigenvalue weighted by atomic mass is 10.2. The van der Waals surface area contributed by atoms with E-state index >= 15 is 0 Å². The highest BCUT2D eigenvalue weighted by Crippen LogP contribution is 2.05. The number of nitrogens with zero attached hydrogens (tertiary/aromatic N) is 1. The Balaban J connectivity index is 1.96. The van der Waals surface area contributed by atoms with Gasteiger partial charge in [0.05, 0.1) is 11.4 Å². The van der Waals surface area contributed by atoms with Crippen molar-refractivity contribution in [1.82, 2.24) is 0 Å². The molecule has 0 bridgehead atoms. The average molecular weight is 236 g/mol. The predicted octanol–water partition coefficient (Wildman–Crippen LogP) is 4.19. The van der Waals surface area contributed by atoms with Crippen molar-refractivity contribution in [3.63, 3.8) is 0 Å². The van der Waals surface area contributed by atoms with Crippen LogP contribution in [0.1, 0.15) is 12.5 Å². The Hall–Kier alpha value is -2.35. The molecule has 0 aromatic heterocycles. The monoisotopic (exact) mass is 236 g/mol. The minimum absolute atomic E-state index is 0.933. The predicted molar refractivity (Wildman–Crippen MR) is 78.6 cm³/mol. The lowest BCUT2D eigenvalue weighted by molar-refractivity contribution is 1.33. The molecule has 0 radical (unpaired) electrons. The smallest absolute Gasteiger partial charge is 0.0576 e. The molecule has 0 aliphatic heterocycles. The second-order valence-corrected chi connectivity index (χ2v) is 3.98. The van der Waals surface area contributed by atoms with Crippen LogP contribution in [0.2, 0.25) is 0 Å². The first-order valence-electron chi connectivity index (χ1n) is 5.93. The van der Waals surface area contributed by atoms with Crippen LogP contribution < -0.4 is 5.43 Å². The quantitative estimate of drug-likeness (QED) is 0.624. The van der Waals surface area contributed by atoms with Gasteiger partial charge in [0.25, 0.3) is 0 Å². The topological polar surface area (TPSA) is 24.4 Å². The van der Waals surface area contributed by atoms with Crippen LogP contribution in [-0.2, 0) is 0 Å². The van der Waals surface area contributed by atoms with Crippen molar-refractivity contribution < 1.29 is 0 Å². The first kappa shape index (κ1) is 12.1. The van der Waals surface area contributed by atoms with Gasteiger partial charge in [-0.2, -0.15) is 5.10 Å². The summed E-state index contributed by atoms with van der Waals surface area (Å²) in [5.41, 5.74) is 6.11. The van der Waals surface area contributed by atoms with Gasteiger partial charge >= 0.3 is 0 Å². The van der Waals surface area contributed by atoms with Crippen molar-refractivity contribution >= 4 is 17.5 Å². The largest absolute Gasteiger partial charge is 0.278 e. The van der Waals surface area contributed by atoms with Gasteiger partial charge in [-0.25, -0.2) is 0 Å². The summed E-state index contributed by atoms with van der Waals surface area (Å²) in [7, 11) is 0. The fraction of sp³-hybridized carbons (Fsp3) is 0.0625. The molecule has 0 amide bonds. The van der Waals surface area contributed by atoms with Gasteiger partial charge in [-0.1, -0.05) is 54.6 Å². The zero-order chi connectivity index (χ0) is 12.6. The van der Waals surface area contributed by atoms with Crippen molar-refractivity contribution in [3.05, 3.63) is 72.3 Å². The van der Waals surface area contributed by atoms with E-state index in [0.717, 1.165) is 11.4 Å². The van der Waals surface area contributed by atoms with E-state index in [2.05, 4.69) is 22.7 Å². The fourth-order valence-corrected chi connectivity index (χ4v) is 1.48. The molecule has 0 unspecified atom stereocenters. The lowest BCUT2D eigenvalue weighted by Crippen LogP contribution is -1.93. The summed E-state index contributed by atoms with van der Waals surface area (Å²) in [4.78, 5) is 0. The highest BCUT2D eigenvalue weighted by molar-refractivity contribution is 5.96. The molecule has 0 atom stereocenters. The van der Waals surface area contributed by atoms with Crippen LogP contribution in [0.15, 0.2) is 71.8 Å². The number of hydrazone groups is 1. The number of benzene rings is 2. The van der Waals surface area contributed by atoms with E-state index in [0.29, 0.717) is 0 Å². The van der Waals surface area contributed by atoms with Crippen molar-refractivity contribution in [2.75, 3.05) is 5.43 Å². The second-order valence-electron chi connectivity index (χ2n) is 3.98. The van der Waals surface area contributed by atoms with Crippen molar-refractivity contribution in [1.29, 1.82) is 0 Å². The molecule has 90 valence electrons. The third kappa shape index (κ3) is 3.91. The number of para-hydroxylation sites is 1. The zero-order valence-corrected chi connectivity index (χ0v) is 10.4. The van der Waals surface area contributed by atoms with E-state index in [1.807, 2.05) is 67.6 Å². The first-order valence-corrected chi connectivity index (χ1v) is 5.93. The van der Waals surface area contributed by atoms with Crippen LogP contribution >= 0.6 is 0 Å². The highest BCUT2D eigenvalue weighted by atomic mass is 15.3. The minimum atomic E-state index is 0.933. The highest BCUT2D eigenvalue weighted by Gasteiger charge is 1.88. The summed E-state index contributed by atoms with van der Waals surface area (Å²) < 4.78 is 0.